The molecule has 0 bridgehead atoms. The number of halogens is 3. The van der Waals surface area contributed by atoms with E-state index in [0.717, 1.165) is 0 Å². The van der Waals surface area contributed by atoms with E-state index in [9.17, 15) is 23.3 Å². The van der Waals surface area contributed by atoms with Crippen molar-refractivity contribution in [3.63, 3.8) is 0 Å². The third-order valence-electron chi connectivity index (χ3n) is 2.13. The first-order valence-electron chi connectivity index (χ1n) is 5.14. The number of pyridine rings is 1. The molecule has 0 saturated heterocycles. The van der Waals surface area contributed by atoms with Crippen LogP contribution in [0.25, 0.3) is 0 Å². The number of aromatic nitrogens is 1. The van der Waals surface area contributed by atoms with Gasteiger partial charge in [-0.05, 0) is 19.9 Å². The fourth-order valence-corrected chi connectivity index (χ4v) is 1.43. The molecule has 0 aliphatic rings. The summed E-state index contributed by atoms with van der Waals surface area (Å²) in [5.74, 6) is -0.142. The number of nitrogens with zero attached hydrogens (tertiary/aromatic N) is 2. The van der Waals surface area contributed by atoms with Crippen molar-refractivity contribution in [2.75, 3.05) is 5.32 Å². The van der Waals surface area contributed by atoms with Crippen molar-refractivity contribution in [1.82, 2.24) is 4.98 Å². The fraction of sp³-hybridized carbons (Fsp3) is 0.500. The Bertz CT molecular complexity index is 448. The number of aryl methyl sites for hydroxylation is 1. The summed E-state index contributed by atoms with van der Waals surface area (Å²) in [5.41, 5.74) is 0.150. The van der Waals surface area contributed by atoms with Gasteiger partial charge in [0.15, 0.2) is 0 Å². The number of hydrogen-bond donors (Lipinski definition) is 1. The van der Waals surface area contributed by atoms with Crippen molar-refractivity contribution in [2.45, 2.75) is 32.5 Å². The predicted octanol–water partition coefficient (Wildman–Crippen LogP) is 3.05. The Balaban J connectivity index is 2.89. The molecule has 18 heavy (non-hydrogen) atoms. The van der Waals surface area contributed by atoms with Crippen LogP contribution in [0.4, 0.5) is 24.7 Å². The summed E-state index contributed by atoms with van der Waals surface area (Å²) < 4.78 is 36.5. The van der Waals surface area contributed by atoms with Gasteiger partial charge in [0.25, 0.3) is 0 Å². The van der Waals surface area contributed by atoms with Gasteiger partial charge in [0.05, 0.1) is 11.3 Å². The summed E-state index contributed by atoms with van der Waals surface area (Å²) in [6, 6.07) is 1.65. The van der Waals surface area contributed by atoms with Gasteiger partial charge in [0.2, 0.25) is 5.82 Å². The van der Waals surface area contributed by atoms with Gasteiger partial charge in [0, 0.05) is 17.8 Å². The zero-order valence-electron chi connectivity index (χ0n) is 9.78. The predicted molar refractivity (Wildman–Crippen MR) is 59.4 cm³/mol. The van der Waals surface area contributed by atoms with Gasteiger partial charge >= 0.3 is 11.9 Å². The van der Waals surface area contributed by atoms with Crippen molar-refractivity contribution in [3.05, 3.63) is 27.9 Å². The summed E-state index contributed by atoms with van der Waals surface area (Å²) >= 11 is 0. The lowest BCUT2D eigenvalue weighted by atomic mass is 10.2. The van der Waals surface area contributed by atoms with E-state index in [0.29, 0.717) is 5.69 Å². The molecule has 5 nitrogen and oxygen atoms in total. The van der Waals surface area contributed by atoms with Crippen LogP contribution in [-0.4, -0.2) is 22.1 Å². The second-order valence-electron chi connectivity index (χ2n) is 3.94. The molecular weight excluding hydrogens is 251 g/mol. The van der Waals surface area contributed by atoms with Crippen LogP contribution in [0.1, 0.15) is 19.0 Å². The van der Waals surface area contributed by atoms with Gasteiger partial charge in [-0.2, -0.15) is 13.2 Å². The minimum Gasteiger partial charge on any atom is -0.362 e. The van der Waals surface area contributed by atoms with E-state index in [-0.39, 0.29) is 11.5 Å². The average Bonchev–Trinajstić information content (AvgIpc) is 2.13. The second kappa shape index (κ2) is 5.19. The van der Waals surface area contributed by atoms with Crippen molar-refractivity contribution in [1.29, 1.82) is 0 Å². The molecule has 0 radical (unpaired) electrons. The standard InChI is InChI=1S/C10H12F3N3O2/c1-6-3-4-8(16(17)18)9(14-6)15-7(2)5-10(11,12)13/h3-4,7H,5H2,1-2H3,(H,14,15). The number of nitrogens with one attached hydrogen (secondary N) is 1. The van der Waals surface area contributed by atoms with Crippen LogP contribution in [0.3, 0.4) is 0 Å². The molecule has 1 aromatic heterocycles. The monoisotopic (exact) mass is 263 g/mol. The van der Waals surface area contributed by atoms with Gasteiger partial charge in [-0.3, -0.25) is 10.1 Å². The lowest BCUT2D eigenvalue weighted by Crippen LogP contribution is -2.24. The number of hydrogen-bond acceptors (Lipinski definition) is 4. The van der Waals surface area contributed by atoms with Crippen molar-refractivity contribution < 1.29 is 18.1 Å². The third-order valence-corrected chi connectivity index (χ3v) is 2.13. The quantitative estimate of drug-likeness (QED) is 0.669. The maximum absolute atomic E-state index is 12.2. The van der Waals surface area contributed by atoms with Gasteiger partial charge in [-0.25, -0.2) is 4.98 Å². The Hall–Kier alpha value is -1.86. The maximum Gasteiger partial charge on any atom is 0.391 e. The van der Waals surface area contributed by atoms with E-state index in [1.165, 1.54) is 19.1 Å². The number of nitro groups is 1. The minimum atomic E-state index is -4.33. The highest BCUT2D eigenvalue weighted by Crippen LogP contribution is 2.26. The van der Waals surface area contributed by atoms with Crippen molar-refractivity contribution in [2.24, 2.45) is 0 Å². The largest absolute Gasteiger partial charge is 0.391 e. The summed E-state index contributed by atoms with van der Waals surface area (Å²) in [6.45, 7) is 2.89. The number of alkyl halides is 3. The van der Waals surface area contributed by atoms with Crippen LogP contribution in [0, 0.1) is 17.0 Å². The van der Waals surface area contributed by atoms with Crippen LogP contribution < -0.4 is 5.32 Å². The van der Waals surface area contributed by atoms with Crippen LogP contribution in [0.2, 0.25) is 0 Å². The highest BCUT2D eigenvalue weighted by Gasteiger charge is 2.31. The summed E-state index contributed by atoms with van der Waals surface area (Å²) in [6.07, 6.45) is -5.41. The van der Waals surface area contributed by atoms with Gasteiger partial charge < -0.3 is 5.32 Å². The SMILES string of the molecule is Cc1ccc([N+](=O)[O-])c(NC(C)CC(F)(F)F)n1. The molecule has 1 N–H and O–H groups in total. The average molecular weight is 263 g/mol. The Morgan fingerprint density at radius 3 is 2.61 bits per heavy atom. The molecule has 1 rings (SSSR count). The van der Waals surface area contributed by atoms with Gasteiger partial charge in [0.1, 0.15) is 0 Å². The minimum absolute atomic E-state index is 0.142. The first-order chi connectivity index (χ1) is 8.19. The van der Waals surface area contributed by atoms with Gasteiger partial charge in [-0.1, -0.05) is 0 Å². The zero-order valence-corrected chi connectivity index (χ0v) is 9.78. The molecule has 0 aliphatic carbocycles. The molecule has 0 saturated carbocycles. The number of anilines is 1. The molecular formula is C10H12F3N3O2. The van der Waals surface area contributed by atoms with E-state index < -0.39 is 23.6 Å². The van der Waals surface area contributed by atoms with Crippen LogP contribution in [0.15, 0.2) is 12.1 Å². The summed E-state index contributed by atoms with van der Waals surface area (Å²) in [7, 11) is 0. The highest BCUT2D eigenvalue weighted by atomic mass is 19.4. The Morgan fingerprint density at radius 2 is 2.11 bits per heavy atom. The zero-order chi connectivity index (χ0) is 13.9. The summed E-state index contributed by atoms with van der Waals surface area (Å²) in [4.78, 5) is 13.9. The van der Waals surface area contributed by atoms with E-state index >= 15 is 0 Å². The smallest absolute Gasteiger partial charge is 0.362 e. The molecule has 0 fully saturated rings. The van der Waals surface area contributed by atoms with Crippen molar-refractivity contribution in [3.8, 4) is 0 Å². The number of rotatable bonds is 4. The first-order valence-corrected chi connectivity index (χ1v) is 5.14. The molecule has 0 amide bonds. The molecule has 8 heteroatoms. The third kappa shape index (κ3) is 4.19. The Morgan fingerprint density at radius 1 is 1.50 bits per heavy atom. The topological polar surface area (TPSA) is 68.1 Å². The van der Waals surface area contributed by atoms with E-state index in [2.05, 4.69) is 10.3 Å². The maximum atomic E-state index is 12.2. The van der Waals surface area contributed by atoms with Crippen molar-refractivity contribution >= 4 is 11.5 Å². The summed E-state index contributed by atoms with van der Waals surface area (Å²) in [5, 5.41) is 13.1. The van der Waals surface area contributed by atoms with E-state index in [1.54, 1.807) is 6.92 Å². The fourth-order valence-electron chi connectivity index (χ4n) is 1.43. The molecule has 0 aromatic carbocycles. The molecule has 0 spiro atoms. The van der Waals surface area contributed by atoms with Crippen LogP contribution in [0.5, 0.6) is 0 Å². The van der Waals surface area contributed by atoms with Gasteiger partial charge in [-0.15, -0.1) is 0 Å². The molecule has 1 unspecified atom stereocenters. The van der Waals surface area contributed by atoms with Crippen LogP contribution >= 0.6 is 0 Å². The van der Waals surface area contributed by atoms with E-state index in [4.69, 9.17) is 0 Å². The van der Waals surface area contributed by atoms with E-state index in [1.807, 2.05) is 0 Å². The molecule has 1 aromatic rings. The molecule has 1 atom stereocenters. The molecule has 0 aliphatic heterocycles. The molecule has 100 valence electrons. The normalized spacial score (nSPS) is 13.2. The first kappa shape index (κ1) is 14.2. The highest BCUT2D eigenvalue weighted by molar-refractivity contribution is 5.56. The lowest BCUT2D eigenvalue weighted by molar-refractivity contribution is -0.384. The second-order valence-corrected chi connectivity index (χ2v) is 3.94. The Kier molecular flexibility index (Phi) is 4.10. The lowest BCUT2D eigenvalue weighted by Gasteiger charge is -2.16. The molecule has 1 heterocycles. The van der Waals surface area contributed by atoms with Crippen LogP contribution in [-0.2, 0) is 0 Å². The Labute approximate surface area is 101 Å².